The van der Waals surface area contributed by atoms with E-state index in [0.717, 1.165) is 0 Å². The standard InChI is InChI=1S/C6H11N3O3/c1-4(2-3-5(10)11)8-9-6(7)12/h2-3H2,1H3,(H,10,11)(H3,7,9,12). The fourth-order valence-corrected chi connectivity index (χ4v) is 0.494. The van der Waals surface area contributed by atoms with Crippen LogP contribution < -0.4 is 11.2 Å². The van der Waals surface area contributed by atoms with Crippen LogP contribution in [0, 0.1) is 0 Å². The van der Waals surface area contributed by atoms with Gasteiger partial charge < -0.3 is 10.8 Å². The SMILES string of the molecule is CC(CCC(=O)O)=NNC(N)=O. The molecule has 68 valence electrons. The molecule has 6 heteroatoms. The lowest BCUT2D eigenvalue weighted by Gasteiger charge is -1.96. The molecular weight excluding hydrogens is 162 g/mol. The normalized spacial score (nSPS) is 10.9. The minimum atomic E-state index is -0.899. The van der Waals surface area contributed by atoms with Crippen LogP contribution in [-0.2, 0) is 4.79 Å². The number of hydrogen-bond acceptors (Lipinski definition) is 3. The van der Waals surface area contributed by atoms with Gasteiger partial charge in [0, 0.05) is 5.71 Å². The molecule has 0 radical (unpaired) electrons. The van der Waals surface area contributed by atoms with Gasteiger partial charge in [-0.2, -0.15) is 5.10 Å². The van der Waals surface area contributed by atoms with Crippen molar-refractivity contribution in [3.63, 3.8) is 0 Å². The van der Waals surface area contributed by atoms with E-state index in [0.29, 0.717) is 12.1 Å². The summed E-state index contributed by atoms with van der Waals surface area (Å²) in [7, 11) is 0. The van der Waals surface area contributed by atoms with Crippen molar-refractivity contribution < 1.29 is 14.7 Å². The number of amides is 2. The molecule has 0 saturated heterocycles. The molecular formula is C6H11N3O3. The Hall–Kier alpha value is -1.59. The zero-order valence-electron chi connectivity index (χ0n) is 6.70. The Morgan fingerprint density at radius 2 is 2.08 bits per heavy atom. The molecule has 0 aliphatic carbocycles. The fraction of sp³-hybridized carbons (Fsp3) is 0.500. The van der Waals surface area contributed by atoms with Gasteiger partial charge in [-0.25, -0.2) is 10.2 Å². The predicted molar refractivity (Wildman–Crippen MR) is 42.7 cm³/mol. The minimum Gasteiger partial charge on any atom is -0.481 e. The van der Waals surface area contributed by atoms with E-state index in [9.17, 15) is 9.59 Å². The number of aliphatic carboxylic acids is 1. The second-order valence-electron chi connectivity index (χ2n) is 2.22. The molecule has 4 N–H and O–H groups in total. The van der Waals surface area contributed by atoms with E-state index in [1.165, 1.54) is 0 Å². The quantitative estimate of drug-likeness (QED) is 0.408. The second-order valence-corrected chi connectivity index (χ2v) is 2.22. The van der Waals surface area contributed by atoms with Gasteiger partial charge in [-0.05, 0) is 13.3 Å². The molecule has 0 atom stereocenters. The van der Waals surface area contributed by atoms with Gasteiger partial charge in [-0.1, -0.05) is 0 Å². The molecule has 0 fully saturated rings. The summed E-state index contributed by atoms with van der Waals surface area (Å²) in [6, 6.07) is -0.760. The first kappa shape index (κ1) is 10.4. The largest absolute Gasteiger partial charge is 0.481 e. The molecule has 12 heavy (non-hydrogen) atoms. The van der Waals surface area contributed by atoms with Gasteiger partial charge in [0.15, 0.2) is 0 Å². The highest BCUT2D eigenvalue weighted by molar-refractivity contribution is 5.86. The van der Waals surface area contributed by atoms with Crippen LogP contribution in [0.5, 0.6) is 0 Å². The summed E-state index contributed by atoms with van der Waals surface area (Å²) < 4.78 is 0. The van der Waals surface area contributed by atoms with E-state index >= 15 is 0 Å². The number of hydrogen-bond donors (Lipinski definition) is 3. The number of nitrogens with zero attached hydrogens (tertiary/aromatic N) is 1. The molecule has 0 saturated carbocycles. The van der Waals surface area contributed by atoms with Crippen LogP contribution in [0.2, 0.25) is 0 Å². The predicted octanol–water partition coefficient (Wildman–Crippen LogP) is -0.105. The molecule has 0 spiro atoms. The minimum absolute atomic E-state index is 0.00419. The third-order valence-corrected chi connectivity index (χ3v) is 1.06. The third kappa shape index (κ3) is 6.53. The number of carbonyl (C=O) groups is 2. The van der Waals surface area contributed by atoms with Gasteiger partial charge in [0.25, 0.3) is 0 Å². The summed E-state index contributed by atoms with van der Waals surface area (Å²) in [5.74, 6) is -0.899. The number of hydrazone groups is 1. The topological polar surface area (TPSA) is 105 Å². The number of carbonyl (C=O) groups excluding carboxylic acids is 1. The molecule has 0 unspecified atom stereocenters. The maximum Gasteiger partial charge on any atom is 0.332 e. The average molecular weight is 173 g/mol. The van der Waals surface area contributed by atoms with Gasteiger partial charge in [-0.15, -0.1) is 0 Å². The van der Waals surface area contributed by atoms with Crippen molar-refractivity contribution in [1.29, 1.82) is 0 Å². The van der Waals surface area contributed by atoms with Crippen molar-refractivity contribution in [3.8, 4) is 0 Å². The number of primary amides is 1. The molecule has 6 nitrogen and oxygen atoms in total. The molecule has 0 aromatic carbocycles. The smallest absolute Gasteiger partial charge is 0.332 e. The van der Waals surface area contributed by atoms with Gasteiger partial charge in [0.2, 0.25) is 0 Å². The second kappa shape index (κ2) is 5.11. The fourth-order valence-electron chi connectivity index (χ4n) is 0.494. The molecule has 0 rings (SSSR count). The molecule has 2 amide bonds. The number of carboxylic acid groups (broad SMARTS) is 1. The molecule has 0 heterocycles. The van der Waals surface area contributed by atoms with Crippen molar-refractivity contribution in [2.24, 2.45) is 10.8 Å². The van der Waals surface area contributed by atoms with Crippen LogP contribution in [0.1, 0.15) is 19.8 Å². The Bertz CT molecular complexity index is 212. The van der Waals surface area contributed by atoms with E-state index in [1.807, 2.05) is 5.43 Å². The lowest BCUT2D eigenvalue weighted by molar-refractivity contribution is -0.136. The Labute approximate surface area is 69.4 Å². The van der Waals surface area contributed by atoms with E-state index in [2.05, 4.69) is 5.10 Å². The Kier molecular flexibility index (Phi) is 4.43. The van der Waals surface area contributed by atoms with E-state index in [1.54, 1.807) is 6.92 Å². The first-order chi connectivity index (χ1) is 5.52. The molecule has 0 aliphatic heterocycles. The highest BCUT2D eigenvalue weighted by Crippen LogP contribution is 1.91. The van der Waals surface area contributed by atoms with Crippen LogP contribution in [0.3, 0.4) is 0 Å². The maximum absolute atomic E-state index is 10.1. The summed E-state index contributed by atoms with van der Waals surface area (Å²) in [5.41, 5.74) is 7.25. The summed E-state index contributed by atoms with van der Waals surface area (Å²) in [6.45, 7) is 1.61. The zero-order valence-corrected chi connectivity index (χ0v) is 6.70. The molecule has 0 aromatic heterocycles. The highest BCUT2D eigenvalue weighted by Gasteiger charge is 1.98. The zero-order chi connectivity index (χ0) is 9.56. The van der Waals surface area contributed by atoms with E-state index in [-0.39, 0.29) is 6.42 Å². The van der Waals surface area contributed by atoms with Gasteiger partial charge >= 0.3 is 12.0 Å². The monoisotopic (exact) mass is 173 g/mol. The molecule has 0 aromatic rings. The van der Waals surface area contributed by atoms with E-state index < -0.39 is 12.0 Å². The first-order valence-electron chi connectivity index (χ1n) is 3.32. The van der Waals surface area contributed by atoms with Crippen LogP contribution in [-0.4, -0.2) is 22.8 Å². The Morgan fingerprint density at radius 3 is 2.50 bits per heavy atom. The lowest BCUT2D eigenvalue weighted by Crippen LogP contribution is -2.25. The van der Waals surface area contributed by atoms with Crippen molar-refractivity contribution >= 4 is 17.7 Å². The van der Waals surface area contributed by atoms with Crippen molar-refractivity contribution in [3.05, 3.63) is 0 Å². The van der Waals surface area contributed by atoms with Gasteiger partial charge in [0.05, 0.1) is 6.42 Å². The average Bonchev–Trinajstić information content (AvgIpc) is 1.96. The first-order valence-corrected chi connectivity index (χ1v) is 3.32. The van der Waals surface area contributed by atoms with Gasteiger partial charge in [-0.3, -0.25) is 4.79 Å². The number of urea groups is 1. The van der Waals surface area contributed by atoms with Crippen LogP contribution in [0.4, 0.5) is 4.79 Å². The third-order valence-electron chi connectivity index (χ3n) is 1.06. The molecule has 0 bridgehead atoms. The van der Waals surface area contributed by atoms with Crippen molar-refractivity contribution in [1.82, 2.24) is 5.43 Å². The summed E-state index contributed by atoms with van der Waals surface area (Å²) >= 11 is 0. The number of nitrogens with one attached hydrogen (secondary N) is 1. The van der Waals surface area contributed by atoms with Crippen LogP contribution in [0.25, 0.3) is 0 Å². The summed E-state index contributed by atoms with van der Waals surface area (Å²) in [4.78, 5) is 20.2. The van der Waals surface area contributed by atoms with Crippen LogP contribution in [0.15, 0.2) is 5.10 Å². The van der Waals surface area contributed by atoms with Crippen LogP contribution >= 0.6 is 0 Å². The highest BCUT2D eigenvalue weighted by atomic mass is 16.4. The summed E-state index contributed by atoms with van der Waals surface area (Å²) in [6.07, 6.45) is 0.297. The number of nitrogens with two attached hydrogens (primary N) is 1. The summed E-state index contributed by atoms with van der Waals surface area (Å²) in [5, 5.41) is 11.8. The lowest BCUT2D eigenvalue weighted by atomic mass is 10.2. The number of rotatable bonds is 4. The van der Waals surface area contributed by atoms with E-state index in [4.69, 9.17) is 10.8 Å². The Balaban J connectivity index is 3.70. The number of carboxylic acids is 1. The Morgan fingerprint density at radius 1 is 1.50 bits per heavy atom. The maximum atomic E-state index is 10.1. The van der Waals surface area contributed by atoms with Crippen molar-refractivity contribution in [2.45, 2.75) is 19.8 Å². The van der Waals surface area contributed by atoms with Crippen molar-refractivity contribution in [2.75, 3.05) is 0 Å². The molecule has 0 aliphatic rings. The van der Waals surface area contributed by atoms with Gasteiger partial charge in [0.1, 0.15) is 0 Å².